The Bertz CT molecular complexity index is 258. The van der Waals surface area contributed by atoms with Crippen LogP contribution in [0.25, 0.3) is 0 Å². The van der Waals surface area contributed by atoms with Gasteiger partial charge in [0.1, 0.15) is 0 Å². The molecule has 1 aliphatic rings. The van der Waals surface area contributed by atoms with Crippen LogP contribution in [0.2, 0.25) is 0 Å². The topological polar surface area (TPSA) is 12.5 Å². The summed E-state index contributed by atoms with van der Waals surface area (Å²) in [5.74, 6) is -2.55. The number of nitrogens with zero attached hydrogens (tertiary/aromatic N) is 1. The molecule has 1 atom stereocenters. The van der Waals surface area contributed by atoms with Gasteiger partial charge in [0.25, 0.3) is 5.92 Å². The molecule has 0 radical (unpaired) electrons. The maximum atomic E-state index is 13.4. The van der Waals surface area contributed by atoms with Crippen LogP contribution in [0.4, 0.5) is 8.78 Å². The molecule has 4 heteroatoms. The quantitative estimate of drug-likeness (QED) is 0.581. The van der Waals surface area contributed by atoms with Gasteiger partial charge < -0.3 is 9.64 Å². The van der Waals surface area contributed by atoms with Crippen molar-refractivity contribution in [3.05, 3.63) is 12.7 Å². The highest BCUT2D eigenvalue weighted by atomic mass is 19.3. The monoisotopic (exact) mass is 247 g/mol. The first-order valence-corrected chi connectivity index (χ1v) is 6.21. The van der Waals surface area contributed by atoms with Crippen LogP contribution in [0.1, 0.15) is 26.2 Å². The Kier molecular flexibility index (Phi) is 5.07. The van der Waals surface area contributed by atoms with Crippen molar-refractivity contribution in [2.24, 2.45) is 5.41 Å². The molecule has 0 heterocycles. The van der Waals surface area contributed by atoms with Crippen molar-refractivity contribution in [3.63, 3.8) is 0 Å². The van der Waals surface area contributed by atoms with Gasteiger partial charge in [0.05, 0.1) is 12.0 Å². The predicted octanol–water partition coefficient (Wildman–Crippen LogP) is 2.95. The second kappa shape index (κ2) is 5.91. The molecule has 1 saturated carbocycles. The van der Waals surface area contributed by atoms with E-state index in [0.29, 0.717) is 6.54 Å². The molecule has 0 aromatic rings. The van der Waals surface area contributed by atoms with Crippen molar-refractivity contribution >= 4 is 0 Å². The van der Waals surface area contributed by atoms with Crippen LogP contribution in [0.5, 0.6) is 0 Å². The largest absolute Gasteiger partial charge is 0.384 e. The van der Waals surface area contributed by atoms with E-state index in [2.05, 4.69) is 18.4 Å². The van der Waals surface area contributed by atoms with Crippen molar-refractivity contribution in [2.75, 3.05) is 33.4 Å². The maximum Gasteiger partial charge on any atom is 0.258 e. The summed E-state index contributed by atoms with van der Waals surface area (Å²) in [7, 11) is 1.49. The summed E-state index contributed by atoms with van der Waals surface area (Å²) in [5, 5.41) is 0. The van der Waals surface area contributed by atoms with Crippen molar-refractivity contribution < 1.29 is 13.5 Å². The maximum absolute atomic E-state index is 13.4. The molecule has 1 rings (SSSR count). The van der Waals surface area contributed by atoms with Crippen LogP contribution < -0.4 is 0 Å². The van der Waals surface area contributed by atoms with Gasteiger partial charge in [-0.2, -0.15) is 0 Å². The predicted molar refractivity (Wildman–Crippen MR) is 65.4 cm³/mol. The molecule has 0 aliphatic heterocycles. The van der Waals surface area contributed by atoms with Crippen LogP contribution in [0, 0.1) is 5.41 Å². The number of hydrogen-bond donors (Lipinski definition) is 0. The van der Waals surface area contributed by atoms with Gasteiger partial charge in [-0.05, 0) is 19.4 Å². The minimum Gasteiger partial charge on any atom is -0.384 e. The van der Waals surface area contributed by atoms with Gasteiger partial charge in [-0.15, -0.1) is 6.58 Å². The second-order valence-electron chi connectivity index (χ2n) is 4.95. The van der Waals surface area contributed by atoms with E-state index in [4.69, 9.17) is 4.74 Å². The van der Waals surface area contributed by atoms with Crippen molar-refractivity contribution in [3.8, 4) is 0 Å². The fraction of sp³-hybridized carbons (Fsp3) is 0.846. The summed E-state index contributed by atoms with van der Waals surface area (Å²) in [6.45, 7) is 7.97. The number of halogens is 2. The lowest BCUT2D eigenvalue weighted by atomic mass is 10.1. The van der Waals surface area contributed by atoms with E-state index in [0.717, 1.165) is 25.9 Å². The van der Waals surface area contributed by atoms with Crippen LogP contribution in [0.15, 0.2) is 12.7 Å². The SMILES string of the molecule is C=CCCN(CCC)CC1(COC)CC1(F)F. The van der Waals surface area contributed by atoms with Crippen molar-refractivity contribution in [1.29, 1.82) is 0 Å². The van der Waals surface area contributed by atoms with Gasteiger partial charge in [0.2, 0.25) is 0 Å². The van der Waals surface area contributed by atoms with E-state index in [-0.39, 0.29) is 13.0 Å². The van der Waals surface area contributed by atoms with Gasteiger partial charge in [0, 0.05) is 26.6 Å². The first-order chi connectivity index (χ1) is 8.01. The highest BCUT2D eigenvalue weighted by Crippen LogP contribution is 2.60. The lowest BCUT2D eigenvalue weighted by Gasteiger charge is -2.26. The zero-order valence-electron chi connectivity index (χ0n) is 10.8. The smallest absolute Gasteiger partial charge is 0.258 e. The Labute approximate surface area is 103 Å². The summed E-state index contributed by atoms with van der Waals surface area (Å²) >= 11 is 0. The third kappa shape index (κ3) is 3.49. The first-order valence-electron chi connectivity index (χ1n) is 6.21. The highest BCUT2D eigenvalue weighted by molar-refractivity contribution is 5.11. The molecule has 0 saturated heterocycles. The molecule has 0 aromatic heterocycles. The summed E-state index contributed by atoms with van der Waals surface area (Å²) in [5.41, 5.74) is -0.946. The Balaban J connectivity index is 2.54. The molecular formula is C13H23F2NO. The molecule has 0 aromatic carbocycles. The zero-order chi connectivity index (χ0) is 12.9. The molecule has 1 unspecified atom stereocenters. The second-order valence-corrected chi connectivity index (χ2v) is 4.95. The number of hydrogen-bond acceptors (Lipinski definition) is 2. The molecule has 100 valence electrons. The molecule has 0 N–H and O–H groups in total. The lowest BCUT2D eigenvalue weighted by Crippen LogP contribution is -2.36. The minimum absolute atomic E-state index is 0.0395. The lowest BCUT2D eigenvalue weighted by molar-refractivity contribution is 0.00613. The number of alkyl halides is 2. The third-order valence-corrected chi connectivity index (χ3v) is 3.35. The van der Waals surface area contributed by atoms with Crippen LogP contribution >= 0.6 is 0 Å². The van der Waals surface area contributed by atoms with Gasteiger partial charge in [-0.25, -0.2) is 8.78 Å². The molecule has 0 spiro atoms. The van der Waals surface area contributed by atoms with E-state index in [1.165, 1.54) is 7.11 Å². The first kappa shape index (κ1) is 14.6. The van der Waals surface area contributed by atoms with Crippen LogP contribution in [-0.4, -0.2) is 44.2 Å². The summed E-state index contributed by atoms with van der Waals surface area (Å²) < 4.78 is 31.8. The van der Waals surface area contributed by atoms with E-state index in [1.807, 2.05) is 6.08 Å². The Morgan fingerprint density at radius 1 is 1.41 bits per heavy atom. The number of methoxy groups -OCH3 is 1. The third-order valence-electron chi connectivity index (χ3n) is 3.35. The van der Waals surface area contributed by atoms with Gasteiger partial charge in [0.15, 0.2) is 0 Å². The van der Waals surface area contributed by atoms with Crippen LogP contribution in [0.3, 0.4) is 0 Å². The molecule has 1 fully saturated rings. The van der Waals surface area contributed by atoms with Crippen molar-refractivity contribution in [2.45, 2.75) is 32.1 Å². The highest BCUT2D eigenvalue weighted by Gasteiger charge is 2.71. The average Bonchev–Trinajstić information content (AvgIpc) is 2.77. The van der Waals surface area contributed by atoms with Crippen molar-refractivity contribution in [1.82, 2.24) is 4.90 Å². The van der Waals surface area contributed by atoms with E-state index in [9.17, 15) is 8.78 Å². The minimum atomic E-state index is -2.55. The average molecular weight is 247 g/mol. The van der Waals surface area contributed by atoms with Gasteiger partial charge >= 0.3 is 0 Å². The standard InChI is InChI=1S/C13H23F2NO/c1-4-6-8-16(7-5-2)10-12(11-17-3)9-13(12,14)15/h4H,1,5-11H2,2-3H3. The number of rotatable bonds is 9. The number of ether oxygens (including phenoxy) is 1. The van der Waals surface area contributed by atoms with Crippen LogP contribution in [-0.2, 0) is 4.74 Å². The van der Waals surface area contributed by atoms with E-state index >= 15 is 0 Å². The van der Waals surface area contributed by atoms with Gasteiger partial charge in [-0.1, -0.05) is 13.0 Å². The molecular weight excluding hydrogens is 224 g/mol. The summed E-state index contributed by atoms with van der Waals surface area (Å²) in [6.07, 6.45) is 3.61. The molecule has 0 bridgehead atoms. The Hall–Kier alpha value is -0.480. The molecule has 2 nitrogen and oxygen atoms in total. The zero-order valence-corrected chi connectivity index (χ0v) is 10.8. The van der Waals surface area contributed by atoms with E-state index in [1.54, 1.807) is 0 Å². The fourth-order valence-electron chi connectivity index (χ4n) is 2.32. The molecule has 0 amide bonds. The summed E-state index contributed by atoms with van der Waals surface area (Å²) in [6, 6.07) is 0. The Morgan fingerprint density at radius 3 is 2.47 bits per heavy atom. The normalized spacial score (nSPS) is 26.2. The molecule has 1 aliphatic carbocycles. The van der Waals surface area contributed by atoms with E-state index < -0.39 is 11.3 Å². The Morgan fingerprint density at radius 2 is 2.06 bits per heavy atom. The summed E-state index contributed by atoms with van der Waals surface area (Å²) in [4.78, 5) is 2.10. The molecule has 17 heavy (non-hydrogen) atoms. The van der Waals surface area contributed by atoms with Gasteiger partial charge in [-0.3, -0.25) is 0 Å². The fourth-order valence-corrected chi connectivity index (χ4v) is 2.32.